The molecule has 0 aliphatic carbocycles. The zero-order valence-electron chi connectivity index (χ0n) is 14.8. The first-order valence-corrected chi connectivity index (χ1v) is 8.79. The van der Waals surface area contributed by atoms with E-state index in [0.717, 1.165) is 11.1 Å². The SMILES string of the molecule is C/C=C/c1ccc(-c2cc3cn([C@H]4C[C@H](O)[C@@H](CO)O4)c(=O)nc3o2)cc1. The Hall–Kier alpha value is -2.74. The Morgan fingerprint density at radius 1 is 1.33 bits per heavy atom. The van der Waals surface area contributed by atoms with E-state index in [1.165, 1.54) is 4.57 Å². The summed E-state index contributed by atoms with van der Waals surface area (Å²) in [5.74, 6) is 0.613. The van der Waals surface area contributed by atoms with Crippen LogP contribution in [0.2, 0.25) is 0 Å². The Morgan fingerprint density at radius 3 is 2.78 bits per heavy atom. The number of allylic oxidation sites excluding steroid dienone is 1. The summed E-state index contributed by atoms with van der Waals surface area (Å²) in [6, 6.07) is 9.68. The molecule has 7 heteroatoms. The van der Waals surface area contributed by atoms with Crippen LogP contribution in [0.4, 0.5) is 0 Å². The molecule has 3 aromatic rings. The van der Waals surface area contributed by atoms with Crippen molar-refractivity contribution < 1.29 is 19.4 Å². The molecule has 0 saturated carbocycles. The van der Waals surface area contributed by atoms with Gasteiger partial charge in [0.1, 0.15) is 18.1 Å². The first kappa shape index (κ1) is 17.7. The summed E-state index contributed by atoms with van der Waals surface area (Å²) in [5.41, 5.74) is 1.70. The molecule has 0 bridgehead atoms. The van der Waals surface area contributed by atoms with E-state index in [-0.39, 0.29) is 18.7 Å². The Labute approximate surface area is 155 Å². The predicted octanol–water partition coefficient (Wildman–Crippen LogP) is 2.33. The fourth-order valence-electron chi connectivity index (χ4n) is 3.27. The van der Waals surface area contributed by atoms with Crippen molar-refractivity contribution in [3.8, 4) is 11.3 Å². The minimum absolute atomic E-state index is 0.218. The number of ether oxygens (including phenoxy) is 1. The Balaban J connectivity index is 1.68. The molecule has 0 spiro atoms. The predicted molar refractivity (Wildman–Crippen MR) is 100 cm³/mol. The van der Waals surface area contributed by atoms with E-state index < -0.39 is 24.1 Å². The fraction of sp³-hybridized carbons (Fsp3) is 0.300. The number of furan rings is 1. The van der Waals surface area contributed by atoms with Gasteiger partial charge in [-0.1, -0.05) is 36.4 Å². The average molecular weight is 368 g/mol. The molecule has 3 heterocycles. The van der Waals surface area contributed by atoms with Crippen molar-refractivity contribution in [1.82, 2.24) is 9.55 Å². The molecule has 1 aliphatic heterocycles. The van der Waals surface area contributed by atoms with Crippen molar-refractivity contribution >= 4 is 17.2 Å². The van der Waals surface area contributed by atoms with Crippen molar-refractivity contribution in [3.05, 3.63) is 58.7 Å². The highest BCUT2D eigenvalue weighted by Crippen LogP contribution is 2.30. The van der Waals surface area contributed by atoms with Crippen molar-refractivity contribution in [2.24, 2.45) is 0 Å². The molecule has 2 aromatic heterocycles. The molecule has 7 nitrogen and oxygen atoms in total. The van der Waals surface area contributed by atoms with E-state index in [9.17, 15) is 15.0 Å². The van der Waals surface area contributed by atoms with Gasteiger partial charge in [0, 0.05) is 18.2 Å². The molecular formula is C20H20N2O5. The van der Waals surface area contributed by atoms with Gasteiger partial charge in [-0.2, -0.15) is 4.98 Å². The summed E-state index contributed by atoms with van der Waals surface area (Å²) < 4.78 is 12.6. The molecule has 4 rings (SSSR count). The van der Waals surface area contributed by atoms with Gasteiger partial charge in [-0.25, -0.2) is 4.79 Å². The van der Waals surface area contributed by atoms with Crippen LogP contribution in [0.15, 0.2) is 51.8 Å². The number of aromatic nitrogens is 2. The number of aliphatic hydroxyl groups is 2. The molecule has 1 aromatic carbocycles. The van der Waals surface area contributed by atoms with Gasteiger partial charge in [0.05, 0.1) is 18.1 Å². The second-order valence-electron chi connectivity index (χ2n) is 6.54. The van der Waals surface area contributed by atoms with Crippen LogP contribution < -0.4 is 5.69 Å². The van der Waals surface area contributed by atoms with Crippen LogP contribution in [0.3, 0.4) is 0 Å². The Morgan fingerprint density at radius 2 is 2.11 bits per heavy atom. The number of rotatable bonds is 4. The third-order valence-electron chi connectivity index (χ3n) is 4.69. The minimum Gasteiger partial charge on any atom is -0.437 e. The highest BCUT2D eigenvalue weighted by atomic mass is 16.5. The van der Waals surface area contributed by atoms with E-state index in [1.807, 2.05) is 49.4 Å². The Kier molecular flexibility index (Phi) is 4.65. The molecule has 0 amide bonds. The maximum atomic E-state index is 12.3. The van der Waals surface area contributed by atoms with E-state index in [2.05, 4.69) is 4.98 Å². The Bertz CT molecular complexity index is 1030. The van der Waals surface area contributed by atoms with Gasteiger partial charge in [-0.15, -0.1) is 0 Å². The fourth-order valence-corrected chi connectivity index (χ4v) is 3.27. The molecule has 2 N–H and O–H groups in total. The molecule has 1 saturated heterocycles. The van der Waals surface area contributed by atoms with Crippen molar-refractivity contribution in [2.45, 2.75) is 31.8 Å². The summed E-state index contributed by atoms with van der Waals surface area (Å²) in [6.45, 7) is 1.66. The van der Waals surface area contributed by atoms with Crippen molar-refractivity contribution in [3.63, 3.8) is 0 Å². The minimum atomic E-state index is -0.821. The zero-order chi connectivity index (χ0) is 19.0. The normalized spacial score (nSPS) is 22.9. The van der Waals surface area contributed by atoms with Crippen LogP contribution in [0.5, 0.6) is 0 Å². The van der Waals surface area contributed by atoms with Gasteiger partial charge in [0.15, 0.2) is 0 Å². The smallest absolute Gasteiger partial charge is 0.353 e. The lowest BCUT2D eigenvalue weighted by atomic mass is 10.1. The van der Waals surface area contributed by atoms with E-state index in [0.29, 0.717) is 11.1 Å². The number of aliphatic hydroxyl groups excluding tert-OH is 2. The summed E-state index contributed by atoms with van der Waals surface area (Å²) in [5, 5.41) is 19.8. The van der Waals surface area contributed by atoms with Crippen LogP contribution in [-0.2, 0) is 4.74 Å². The molecule has 140 valence electrons. The quantitative estimate of drug-likeness (QED) is 0.733. The summed E-state index contributed by atoms with van der Waals surface area (Å²) >= 11 is 0. The van der Waals surface area contributed by atoms with Gasteiger partial charge in [0.25, 0.3) is 0 Å². The van der Waals surface area contributed by atoms with Crippen LogP contribution in [0, 0.1) is 0 Å². The van der Waals surface area contributed by atoms with Gasteiger partial charge in [-0.05, 0) is 18.6 Å². The second kappa shape index (κ2) is 7.11. The first-order valence-electron chi connectivity index (χ1n) is 8.79. The molecule has 3 atom stereocenters. The van der Waals surface area contributed by atoms with Crippen molar-refractivity contribution in [1.29, 1.82) is 0 Å². The third-order valence-corrected chi connectivity index (χ3v) is 4.69. The maximum absolute atomic E-state index is 12.3. The molecule has 27 heavy (non-hydrogen) atoms. The summed E-state index contributed by atoms with van der Waals surface area (Å²) in [6.07, 6.45) is 3.62. The lowest BCUT2D eigenvalue weighted by molar-refractivity contribution is -0.0457. The molecular weight excluding hydrogens is 348 g/mol. The third kappa shape index (κ3) is 3.32. The monoisotopic (exact) mass is 368 g/mol. The van der Waals surface area contributed by atoms with E-state index in [4.69, 9.17) is 9.15 Å². The van der Waals surface area contributed by atoms with Gasteiger partial charge >= 0.3 is 5.69 Å². The molecule has 0 radical (unpaired) electrons. The topological polar surface area (TPSA) is 97.7 Å². The van der Waals surface area contributed by atoms with Gasteiger partial charge < -0.3 is 19.4 Å². The highest BCUT2D eigenvalue weighted by molar-refractivity contribution is 5.79. The number of hydrogen-bond donors (Lipinski definition) is 2. The summed E-state index contributed by atoms with van der Waals surface area (Å²) in [7, 11) is 0. The number of fused-ring (bicyclic) bond motifs is 1. The van der Waals surface area contributed by atoms with Crippen LogP contribution in [-0.4, -0.2) is 38.6 Å². The standard InChI is InChI=1S/C20H20N2O5/c1-2-3-12-4-6-13(7-5-12)16-8-14-10-22(20(25)21-19(14)27-16)18-9-15(24)17(11-23)26-18/h2-8,10,15,17-18,23-24H,9,11H2,1H3/b3-2+/t15-,17+,18+/m0/s1. The first-order chi connectivity index (χ1) is 13.1. The molecule has 1 fully saturated rings. The summed E-state index contributed by atoms with van der Waals surface area (Å²) in [4.78, 5) is 16.3. The largest absolute Gasteiger partial charge is 0.437 e. The average Bonchev–Trinajstić information content (AvgIpc) is 3.24. The maximum Gasteiger partial charge on any atom is 0.353 e. The number of nitrogens with zero attached hydrogens (tertiary/aromatic N) is 2. The highest BCUT2D eigenvalue weighted by Gasteiger charge is 2.35. The number of hydrogen-bond acceptors (Lipinski definition) is 6. The lowest BCUT2D eigenvalue weighted by Gasteiger charge is -2.13. The van der Waals surface area contributed by atoms with Crippen LogP contribution in [0.1, 0.15) is 25.1 Å². The van der Waals surface area contributed by atoms with Crippen molar-refractivity contribution in [2.75, 3.05) is 6.61 Å². The lowest BCUT2D eigenvalue weighted by Crippen LogP contribution is -2.27. The molecule has 0 unspecified atom stereocenters. The second-order valence-corrected chi connectivity index (χ2v) is 6.54. The van der Waals surface area contributed by atoms with E-state index >= 15 is 0 Å². The zero-order valence-corrected chi connectivity index (χ0v) is 14.8. The van der Waals surface area contributed by atoms with Crippen LogP contribution >= 0.6 is 0 Å². The van der Waals surface area contributed by atoms with E-state index in [1.54, 1.807) is 6.20 Å². The van der Waals surface area contributed by atoms with Crippen LogP contribution in [0.25, 0.3) is 28.5 Å². The van der Waals surface area contributed by atoms with Gasteiger partial charge in [-0.3, -0.25) is 4.57 Å². The van der Waals surface area contributed by atoms with Gasteiger partial charge in [0.2, 0.25) is 5.71 Å². The number of benzene rings is 1. The molecule has 1 aliphatic rings.